The molecule has 14 heteroatoms. The molecule has 2 saturated heterocycles. The van der Waals surface area contributed by atoms with E-state index in [2.05, 4.69) is 22.2 Å². The van der Waals surface area contributed by atoms with Gasteiger partial charge in [0.05, 0.1) is 4.90 Å². The first-order valence-electron chi connectivity index (χ1n) is 12.6. The van der Waals surface area contributed by atoms with Crippen molar-refractivity contribution in [3.63, 3.8) is 0 Å². The van der Waals surface area contributed by atoms with Crippen LogP contribution >= 0.6 is 0 Å². The van der Waals surface area contributed by atoms with Crippen LogP contribution in [0.15, 0.2) is 29.2 Å². The molecule has 2 fully saturated rings. The van der Waals surface area contributed by atoms with E-state index >= 15 is 0 Å². The van der Waals surface area contributed by atoms with Crippen molar-refractivity contribution in [2.75, 3.05) is 79.0 Å². The zero-order chi connectivity index (χ0) is 28.3. The Kier molecular flexibility index (Phi) is 12.4. The van der Waals surface area contributed by atoms with Crippen LogP contribution in [0.1, 0.15) is 18.9 Å². The number of carboxylic acids is 1. The van der Waals surface area contributed by atoms with Crippen LogP contribution < -0.4 is 5.32 Å². The molecular weight excluding hydrogens is 527 g/mol. The molecule has 0 atom stereocenters. The molecule has 2 aliphatic heterocycles. The molecule has 0 aromatic heterocycles. The number of hydrogen-bond acceptors (Lipinski definition) is 7. The fourth-order valence-corrected chi connectivity index (χ4v) is 5.45. The van der Waals surface area contributed by atoms with E-state index in [1.165, 1.54) is 4.31 Å². The number of rotatable bonds is 9. The van der Waals surface area contributed by atoms with Crippen molar-refractivity contribution in [3.8, 4) is 0 Å². The van der Waals surface area contributed by atoms with Crippen LogP contribution in [-0.4, -0.2) is 130 Å². The summed E-state index contributed by atoms with van der Waals surface area (Å²) in [5.74, 6) is -2.73. The summed E-state index contributed by atoms with van der Waals surface area (Å²) in [4.78, 5) is 28.3. The van der Waals surface area contributed by atoms with E-state index in [4.69, 9.17) is 9.90 Å². The Morgan fingerprint density at radius 1 is 1.00 bits per heavy atom. The molecule has 1 aromatic carbocycles. The summed E-state index contributed by atoms with van der Waals surface area (Å²) in [5.41, 5.74) is 1.11. The maximum absolute atomic E-state index is 13.4. The molecule has 0 radical (unpaired) electrons. The van der Waals surface area contributed by atoms with Crippen molar-refractivity contribution in [2.45, 2.75) is 30.8 Å². The Morgan fingerprint density at radius 2 is 1.55 bits per heavy atom. The van der Waals surface area contributed by atoms with Crippen molar-refractivity contribution in [1.29, 1.82) is 0 Å². The van der Waals surface area contributed by atoms with Crippen molar-refractivity contribution < 1.29 is 36.3 Å². The molecule has 216 valence electrons. The van der Waals surface area contributed by atoms with E-state index in [0.29, 0.717) is 31.1 Å². The van der Waals surface area contributed by atoms with Gasteiger partial charge in [-0.3, -0.25) is 9.69 Å². The first-order chi connectivity index (χ1) is 17.8. The van der Waals surface area contributed by atoms with Gasteiger partial charge in [-0.2, -0.15) is 17.5 Å². The van der Waals surface area contributed by atoms with Crippen molar-refractivity contribution in [2.24, 2.45) is 0 Å². The highest BCUT2D eigenvalue weighted by atomic mass is 32.2. The second-order valence-corrected chi connectivity index (χ2v) is 11.2. The van der Waals surface area contributed by atoms with Crippen LogP contribution in [0.4, 0.5) is 13.2 Å². The van der Waals surface area contributed by atoms with Gasteiger partial charge in [-0.25, -0.2) is 13.2 Å². The van der Waals surface area contributed by atoms with Gasteiger partial charge in [0, 0.05) is 78.4 Å². The number of hydrogen-bond donors (Lipinski definition) is 2. The average molecular weight is 566 g/mol. The molecule has 2 heterocycles. The monoisotopic (exact) mass is 565 g/mol. The third-order valence-electron chi connectivity index (χ3n) is 6.52. The fraction of sp³-hybridized carbons (Fsp3) is 0.667. The molecule has 2 aliphatic rings. The van der Waals surface area contributed by atoms with Crippen LogP contribution in [0.25, 0.3) is 0 Å². The highest BCUT2D eigenvalue weighted by Crippen LogP contribution is 2.18. The second-order valence-electron chi connectivity index (χ2n) is 9.23. The molecule has 0 aliphatic carbocycles. The summed E-state index contributed by atoms with van der Waals surface area (Å²) in [5, 5.41) is 10.4. The van der Waals surface area contributed by atoms with Crippen LogP contribution in [0.3, 0.4) is 0 Å². The Balaban J connectivity index is 0.000000638. The zero-order valence-electron chi connectivity index (χ0n) is 21.9. The summed E-state index contributed by atoms with van der Waals surface area (Å²) in [6.07, 6.45) is -4.00. The lowest BCUT2D eigenvalue weighted by Gasteiger charge is -2.34. The Hall–Kier alpha value is -2.26. The largest absolute Gasteiger partial charge is 0.490 e. The predicted octanol–water partition coefficient (Wildman–Crippen LogP) is 0.942. The predicted molar refractivity (Wildman–Crippen MR) is 136 cm³/mol. The first kappa shape index (κ1) is 32.0. The third kappa shape index (κ3) is 10.1. The summed E-state index contributed by atoms with van der Waals surface area (Å²) >= 11 is 0. The number of amides is 1. The Morgan fingerprint density at radius 3 is 2.05 bits per heavy atom. The number of nitrogens with one attached hydrogen (secondary N) is 1. The van der Waals surface area contributed by atoms with Gasteiger partial charge in [-0.05, 0) is 31.2 Å². The lowest BCUT2D eigenvalue weighted by molar-refractivity contribution is -0.192. The smallest absolute Gasteiger partial charge is 0.475 e. The minimum atomic E-state index is -5.08. The van der Waals surface area contributed by atoms with Gasteiger partial charge in [0.25, 0.3) is 0 Å². The summed E-state index contributed by atoms with van der Waals surface area (Å²) < 4.78 is 60.1. The molecule has 1 amide bonds. The van der Waals surface area contributed by atoms with Crippen LogP contribution in [0, 0.1) is 0 Å². The quantitative estimate of drug-likeness (QED) is 0.455. The minimum Gasteiger partial charge on any atom is -0.475 e. The zero-order valence-corrected chi connectivity index (χ0v) is 22.7. The van der Waals surface area contributed by atoms with Gasteiger partial charge in [-0.15, -0.1) is 0 Å². The molecule has 3 rings (SSSR count). The van der Waals surface area contributed by atoms with Crippen molar-refractivity contribution >= 4 is 21.9 Å². The maximum Gasteiger partial charge on any atom is 0.490 e. The number of carbonyl (C=O) groups excluding carboxylic acids is 1. The van der Waals surface area contributed by atoms with Gasteiger partial charge in [-0.1, -0.05) is 19.1 Å². The molecule has 2 N–H and O–H groups in total. The van der Waals surface area contributed by atoms with E-state index in [-0.39, 0.29) is 18.9 Å². The standard InChI is InChI=1S/C22H37N5O3S.C2HF3O2/c1-3-20-4-6-21(7-5-20)31(29,30)27(19-18-25-16-14-24(2)15-17-25)11-8-22(28)26-12-9-23-10-13-26;3-2(4,5)1(6)7/h4-7,23H,3,8-19H2,1-2H3;(H,6,7). The SMILES string of the molecule is CCc1ccc(S(=O)(=O)N(CCC(=O)N2CCNCC2)CCN2CCN(C)CC2)cc1.O=C(O)C(F)(F)F. The minimum absolute atomic E-state index is 0.0302. The first-order valence-corrected chi connectivity index (χ1v) is 14.1. The van der Waals surface area contributed by atoms with E-state index in [9.17, 15) is 26.4 Å². The second kappa shape index (κ2) is 14.8. The fourth-order valence-electron chi connectivity index (χ4n) is 4.02. The number of sulfonamides is 1. The highest BCUT2D eigenvalue weighted by molar-refractivity contribution is 7.89. The van der Waals surface area contributed by atoms with Gasteiger partial charge in [0.2, 0.25) is 15.9 Å². The highest BCUT2D eigenvalue weighted by Gasteiger charge is 2.38. The summed E-state index contributed by atoms with van der Waals surface area (Å²) in [6.45, 7) is 10.2. The number of alkyl halides is 3. The third-order valence-corrected chi connectivity index (χ3v) is 8.43. The number of likely N-dealkylation sites (N-methyl/N-ethyl adjacent to an activating group) is 1. The molecule has 0 spiro atoms. The molecule has 1 aromatic rings. The van der Waals surface area contributed by atoms with Gasteiger partial charge >= 0.3 is 12.1 Å². The molecule has 0 unspecified atom stereocenters. The van der Waals surface area contributed by atoms with Crippen LogP contribution in [0.5, 0.6) is 0 Å². The average Bonchev–Trinajstić information content (AvgIpc) is 2.89. The number of halogens is 3. The van der Waals surface area contributed by atoms with Crippen LogP contribution in [-0.2, 0) is 26.0 Å². The number of piperazine rings is 2. The van der Waals surface area contributed by atoms with E-state index in [1.54, 1.807) is 12.1 Å². The molecule has 0 saturated carbocycles. The summed E-state index contributed by atoms with van der Waals surface area (Å²) in [7, 11) is -1.54. The molecule has 10 nitrogen and oxygen atoms in total. The summed E-state index contributed by atoms with van der Waals surface area (Å²) in [6, 6.07) is 7.12. The van der Waals surface area contributed by atoms with Gasteiger partial charge < -0.3 is 20.2 Å². The van der Waals surface area contributed by atoms with E-state index in [1.807, 2.05) is 24.0 Å². The Bertz CT molecular complexity index is 994. The maximum atomic E-state index is 13.4. The Labute approximate surface area is 222 Å². The van der Waals surface area contributed by atoms with Crippen molar-refractivity contribution in [3.05, 3.63) is 29.8 Å². The normalized spacial score (nSPS) is 17.7. The van der Waals surface area contributed by atoms with E-state index < -0.39 is 22.2 Å². The number of nitrogens with zero attached hydrogens (tertiary/aromatic N) is 4. The topological polar surface area (TPSA) is 113 Å². The number of benzene rings is 1. The molecular formula is C24H38F3N5O5S. The molecule has 0 bridgehead atoms. The number of aliphatic carboxylic acids is 1. The number of aryl methyl sites for hydroxylation is 1. The van der Waals surface area contributed by atoms with E-state index in [0.717, 1.165) is 51.3 Å². The number of carbonyl (C=O) groups is 2. The van der Waals surface area contributed by atoms with Crippen molar-refractivity contribution in [1.82, 2.24) is 24.3 Å². The lowest BCUT2D eigenvalue weighted by Crippen LogP contribution is -2.49. The number of carboxylic acid groups (broad SMARTS) is 1. The van der Waals surface area contributed by atoms with Gasteiger partial charge in [0.15, 0.2) is 0 Å². The molecule has 38 heavy (non-hydrogen) atoms. The lowest BCUT2D eigenvalue weighted by atomic mass is 10.2. The van der Waals surface area contributed by atoms with Crippen LogP contribution in [0.2, 0.25) is 0 Å². The van der Waals surface area contributed by atoms with Gasteiger partial charge in [0.1, 0.15) is 0 Å².